The second-order valence-electron chi connectivity index (χ2n) is 5.17. The molecule has 0 amide bonds. The lowest BCUT2D eigenvalue weighted by Crippen LogP contribution is -2.40. The highest BCUT2D eigenvalue weighted by atomic mass is 32.2. The predicted octanol–water partition coefficient (Wildman–Crippen LogP) is -0.0161. The summed E-state index contributed by atoms with van der Waals surface area (Å²) in [6.07, 6.45) is 1.10. The maximum Gasteiger partial charge on any atom is 0.306 e. The van der Waals surface area contributed by atoms with Gasteiger partial charge in [-0.05, 0) is 25.7 Å². The van der Waals surface area contributed by atoms with E-state index in [9.17, 15) is 21.6 Å². The molecule has 0 bridgehead atoms. The number of carboxylic acids is 1. The normalized spacial score (nSPS) is 21.4. The Kier molecular flexibility index (Phi) is 5.96. The minimum atomic E-state index is -3.51. The summed E-state index contributed by atoms with van der Waals surface area (Å²) in [4.78, 5) is 10.6. The Morgan fingerprint density at radius 2 is 1.90 bits per heavy atom. The first-order valence-electron chi connectivity index (χ1n) is 6.56. The molecule has 0 aromatic heterocycles. The van der Waals surface area contributed by atoms with Crippen LogP contribution in [0.2, 0.25) is 0 Å². The van der Waals surface area contributed by atoms with E-state index in [1.807, 2.05) is 0 Å². The molecule has 9 heteroatoms. The number of carbonyl (C=O) groups is 1. The van der Waals surface area contributed by atoms with Crippen molar-refractivity contribution in [3.63, 3.8) is 0 Å². The number of aliphatic carboxylic acids is 1. The van der Waals surface area contributed by atoms with Gasteiger partial charge in [-0.2, -0.15) is 0 Å². The Balaban J connectivity index is 2.37. The lowest BCUT2D eigenvalue weighted by atomic mass is 10.1. The molecule has 1 heterocycles. The number of rotatable bonds is 7. The minimum Gasteiger partial charge on any atom is -0.481 e. The van der Waals surface area contributed by atoms with Crippen molar-refractivity contribution in [2.24, 2.45) is 5.92 Å². The third-order valence-electron chi connectivity index (χ3n) is 3.48. The van der Waals surface area contributed by atoms with Crippen LogP contribution in [-0.2, 0) is 24.7 Å². The van der Waals surface area contributed by atoms with Crippen LogP contribution in [0, 0.1) is 5.92 Å². The Morgan fingerprint density at radius 3 is 2.40 bits per heavy atom. The van der Waals surface area contributed by atoms with Gasteiger partial charge < -0.3 is 5.11 Å². The van der Waals surface area contributed by atoms with Crippen molar-refractivity contribution in [1.82, 2.24) is 4.72 Å². The fourth-order valence-electron chi connectivity index (χ4n) is 2.04. The summed E-state index contributed by atoms with van der Waals surface area (Å²) in [5, 5.41) is 8.03. The van der Waals surface area contributed by atoms with Crippen molar-refractivity contribution >= 4 is 25.8 Å². The Morgan fingerprint density at radius 1 is 1.35 bits per heavy atom. The quantitative estimate of drug-likeness (QED) is 0.635. The lowest BCUT2D eigenvalue weighted by molar-refractivity contribution is -0.141. The molecule has 1 atom stereocenters. The van der Waals surface area contributed by atoms with E-state index in [4.69, 9.17) is 5.11 Å². The van der Waals surface area contributed by atoms with Crippen molar-refractivity contribution in [1.29, 1.82) is 0 Å². The predicted molar refractivity (Wildman–Crippen MR) is 74.6 cm³/mol. The molecule has 0 aromatic rings. The summed E-state index contributed by atoms with van der Waals surface area (Å²) >= 11 is 0. The van der Waals surface area contributed by atoms with E-state index in [2.05, 4.69) is 4.72 Å². The molecule has 0 radical (unpaired) electrons. The molecular weight excluding hydrogens is 306 g/mol. The van der Waals surface area contributed by atoms with Gasteiger partial charge in [-0.15, -0.1) is 0 Å². The Labute approximate surface area is 119 Å². The van der Waals surface area contributed by atoms with Gasteiger partial charge in [-0.1, -0.05) is 6.92 Å². The molecule has 1 saturated heterocycles. The molecule has 0 aromatic carbocycles. The summed E-state index contributed by atoms with van der Waals surface area (Å²) in [6.45, 7) is 1.76. The average molecular weight is 327 g/mol. The van der Waals surface area contributed by atoms with Crippen molar-refractivity contribution in [2.45, 2.75) is 37.9 Å². The van der Waals surface area contributed by atoms with Crippen molar-refractivity contribution in [3.05, 3.63) is 0 Å². The lowest BCUT2D eigenvalue weighted by Gasteiger charge is -2.22. The number of sulfone groups is 1. The van der Waals surface area contributed by atoms with Crippen molar-refractivity contribution in [3.8, 4) is 0 Å². The third-order valence-corrected chi connectivity index (χ3v) is 7.15. The van der Waals surface area contributed by atoms with Crippen LogP contribution in [0.25, 0.3) is 0 Å². The van der Waals surface area contributed by atoms with E-state index in [1.165, 1.54) is 0 Å². The van der Waals surface area contributed by atoms with Gasteiger partial charge in [-0.25, -0.2) is 21.6 Å². The smallest absolute Gasteiger partial charge is 0.306 e. The molecule has 1 aliphatic rings. The molecule has 20 heavy (non-hydrogen) atoms. The van der Waals surface area contributed by atoms with Crippen molar-refractivity contribution < 1.29 is 26.7 Å². The van der Waals surface area contributed by atoms with Gasteiger partial charge in [0, 0.05) is 6.54 Å². The molecule has 7 nitrogen and oxygen atoms in total. The summed E-state index contributed by atoms with van der Waals surface area (Å²) in [5.74, 6) is -1.58. The fourth-order valence-corrected chi connectivity index (χ4v) is 5.35. The molecule has 2 N–H and O–H groups in total. The van der Waals surface area contributed by atoms with Crippen LogP contribution >= 0.6 is 0 Å². The van der Waals surface area contributed by atoms with Gasteiger partial charge in [0.05, 0.1) is 22.7 Å². The van der Waals surface area contributed by atoms with Gasteiger partial charge in [0.15, 0.2) is 0 Å². The maximum atomic E-state index is 12.0. The van der Waals surface area contributed by atoms with Crippen LogP contribution in [0.15, 0.2) is 0 Å². The summed E-state index contributed by atoms with van der Waals surface area (Å²) in [7, 11) is -6.59. The summed E-state index contributed by atoms with van der Waals surface area (Å²) in [6, 6.07) is 0. The topological polar surface area (TPSA) is 118 Å². The van der Waals surface area contributed by atoms with Crippen LogP contribution in [0.5, 0.6) is 0 Å². The summed E-state index contributed by atoms with van der Waals surface area (Å²) < 4.78 is 48.8. The third kappa shape index (κ3) is 5.37. The van der Waals surface area contributed by atoms with Crippen LogP contribution in [0.4, 0.5) is 0 Å². The number of nitrogens with one attached hydrogen (secondary N) is 1. The van der Waals surface area contributed by atoms with Crippen LogP contribution < -0.4 is 4.72 Å². The Hall–Kier alpha value is -0.670. The molecule has 1 fully saturated rings. The molecule has 1 rings (SSSR count). The van der Waals surface area contributed by atoms with Gasteiger partial charge >= 0.3 is 5.97 Å². The maximum absolute atomic E-state index is 12.0. The first-order valence-corrected chi connectivity index (χ1v) is 9.92. The van der Waals surface area contributed by atoms with Crippen molar-refractivity contribution in [2.75, 3.05) is 18.1 Å². The highest BCUT2D eigenvalue weighted by Crippen LogP contribution is 2.18. The van der Waals surface area contributed by atoms with Crippen LogP contribution in [0.3, 0.4) is 0 Å². The standard InChI is InChI=1S/C11H21NO6S2/c1-9(11(13)14)3-2-6-12-20(17,18)10-4-7-19(15,16)8-5-10/h9-10,12H,2-8H2,1H3,(H,13,14). The zero-order valence-corrected chi connectivity index (χ0v) is 13.0. The molecule has 0 spiro atoms. The number of hydrogen-bond donors (Lipinski definition) is 2. The van der Waals surface area contributed by atoms with Crippen LogP contribution in [-0.4, -0.2) is 51.2 Å². The highest BCUT2D eigenvalue weighted by Gasteiger charge is 2.32. The second kappa shape index (κ2) is 6.86. The van der Waals surface area contributed by atoms with E-state index in [-0.39, 0.29) is 30.9 Å². The minimum absolute atomic E-state index is 0.0887. The highest BCUT2D eigenvalue weighted by molar-refractivity contribution is 7.92. The number of hydrogen-bond acceptors (Lipinski definition) is 5. The Bertz CT molecular complexity index is 525. The molecule has 1 aliphatic heterocycles. The molecule has 118 valence electrons. The first kappa shape index (κ1) is 17.4. The second-order valence-corrected chi connectivity index (χ2v) is 9.52. The first-order chi connectivity index (χ1) is 9.14. The molecular formula is C11H21NO6S2. The van der Waals surface area contributed by atoms with E-state index in [0.717, 1.165) is 0 Å². The van der Waals surface area contributed by atoms with E-state index in [0.29, 0.717) is 12.8 Å². The fraction of sp³-hybridized carbons (Fsp3) is 0.909. The SMILES string of the molecule is CC(CCCNS(=O)(=O)C1CCS(=O)(=O)CC1)C(=O)O. The monoisotopic (exact) mass is 327 g/mol. The van der Waals surface area contributed by atoms with E-state index < -0.39 is 37.0 Å². The molecule has 1 unspecified atom stereocenters. The summed E-state index contributed by atoms with van der Waals surface area (Å²) in [5.41, 5.74) is 0. The van der Waals surface area contributed by atoms with Crippen LogP contribution in [0.1, 0.15) is 32.6 Å². The number of sulfonamides is 1. The average Bonchev–Trinajstić information content (AvgIpc) is 2.33. The van der Waals surface area contributed by atoms with Gasteiger partial charge in [0.2, 0.25) is 10.0 Å². The van der Waals surface area contributed by atoms with Gasteiger partial charge in [-0.3, -0.25) is 4.79 Å². The number of carboxylic acid groups (broad SMARTS) is 1. The zero-order chi connectivity index (χ0) is 15.4. The zero-order valence-electron chi connectivity index (χ0n) is 11.4. The van der Waals surface area contributed by atoms with E-state index in [1.54, 1.807) is 6.92 Å². The van der Waals surface area contributed by atoms with Gasteiger partial charge in [0.25, 0.3) is 0 Å². The largest absolute Gasteiger partial charge is 0.481 e. The molecule has 0 aliphatic carbocycles. The van der Waals surface area contributed by atoms with Gasteiger partial charge in [0.1, 0.15) is 9.84 Å². The molecule has 0 saturated carbocycles. The van der Waals surface area contributed by atoms with E-state index >= 15 is 0 Å².